The van der Waals surface area contributed by atoms with Crippen LogP contribution in [-0.4, -0.2) is 242 Å². The molecule has 6 saturated heterocycles. The molecule has 6 fully saturated rings. The second-order valence-corrected chi connectivity index (χ2v) is 33.0. The van der Waals surface area contributed by atoms with E-state index in [1.165, 1.54) is 38.0 Å². The van der Waals surface area contributed by atoms with Gasteiger partial charge in [0.1, 0.15) is 96.7 Å². The largest absolute Gasteiger partial charge is 0.778 e. The van der Waals surface area contributed by atoms with E-state index in [1.807, 2.05) is 97.1 Å². The lowest BCUT2D eigenvalue weighted by Crippen LogP contribution is -2.33. The van der Waals surface area contributed by atoms with Crippen LogP contribution in [-0.2, 0) is 90.7 Å². The summed E-state index contributed by atoms with van der Waals surface area (Å²) in [5.41, 5.74) is 4.61. The Balaban J connectivity index is 0.000000157. The highest BCUT2D eigenvalue weighted by molar-refractivity contribution is 7.51. The normalized spacial score (nSPS) is 25.4. The molecule has 46 nitrogen and oxygen atoms in total. The van der Waals surface area contributed by atoms with Crippen LogP contribution in [0.25, 0.3) is 39.6 Å². The van der Waals surface area contributed by atoms with E-state index >= 15 is 0 Å². The molecule has 12 heterocycles. The third-order valence-electron chi connectivity index (χ3n) is 18.9. The highest BCUT2D eigenvalue weighted by Crippen LogP contribution is 2.49. The third-order valence-corrected chi connectivity index (χ3v) is 22.7. The Labute approximate surface area is 686 Å². The van der Waals surface area contributed by atoms with Crippen LogP contribution in [0.2, 0.25) is 0 Å². The Hall–Kier alpha value is -10.7. The van der Waals surface area contributed by atoms with Crippen LogP contribution in [0.4, 0.5) is 31.8 Å². The molecule has 10 N–H and O–H groups in total. The molecule has 18 atom stereocenters. The maximum Gasteiger partial charge on any atom is 0.320 e. The minimum absolute atomic E-state index is 0.187. The van der Waals surface area contributed by atoms with Gasteiger partial charge in [0.15, 0.2) is 88.5 Å². The number of hydrogen-bond acceptors (Lipinski definition) is 34. The Kier molecular flexibility index (Phi) is 29.0. The van der Waals surface area contributed by atoms with Crippen molar-refractivity contribution in [3.8, 4) is 0 Å². The predicted octanol–water partition coefficient (Wildman–Crippen LogP) is 3.55. The molecule has 0 radical (unpaired) electrons. The first kappa shape index (κ1) is 88.1. The van der Waals surface area contributed by atoms with Crippen molar-refractivity contribution in [2.24, 2.45) is 0 Å². The topological polar surface area (TPSA) is 609 Å². The molecule has 646 valence electrons. The summed E-state index contributed by atoms with van der Waals surface area (Å²) in [6.45, 7) is 4.85. The molecule has 0 saturated carbocycles. The monoisotopic (exact) mass is 1740 g/mol. The zero-order valence-electron chi connectivity index (χ0n) is 64.5. The van der Waals surface area contributed by atoms with Crippen molar-refractivity contribution in [2.45, 2.75) is 133 Å². The minimum Gasteiger partial charge on any atom is -0.778 e. The SMILES string of the molecule is CCNC(=O)Nc1ncnc2c1ncn2[C@@H]1O[C@H](COP(=O)([O-])CCC(=O)O)C2OC(Cc3ccccc3)O[C@@H]21.CCNC(=O)Nc1ncnc2c1ncn2[C@@H]1O[C@H](COP(=O)([O-])CCC(=O)O)C2O[C@H](/C=C/c3ccccc3)O[C@@H]21.CCNC(=O)Nc1ncnc2c1ncn2[C@@H]1O[C@H](COP(=O)([O-])CNCC(=O)O)C2O[C@@H](c3ccccc3)O[C@@H]21. The number of anilines is 3. The molecule has 49 heteroatoms. The zero-order chi connectivity index (χ0) is 85.5. The van der Waals surface area contributed by atoms with Gasteiger partial charge in [0.25, 0.3) is 0 Å². The van der Waals surface area contributed by atoms with Gasteiger partial charge in [-0.1, -0.05) is 97.1 Å². The summed E-state index contributed by atoms with van der Waals surface area (Å²) in [4.78, 5) is 144. The number of carbonyl (C=O) groups is 6. The fraction of sp³-hybridized carbons (Fsp3) is 0.431. The summed E-state index contributed by atoms with van der Waals surface area (Å²) in [5, 5.41) is 44.4. The number of benzene rings is 3. The lowest BCUT2D eigenvalue weighted by molar-refractivity contribution is -0.205. The molecule has 0 bridgehead atoms. The number of carbonyl (C=O) groups excluding carboxylic acids is 3. The van der Waals surface area contributed by atoms with Crippen molar-refractivity contribution in [3.63, 3.8) is 0 Å². The number of nitrogens with one attached hydrogen (secondary N) is 7. The van der Waals surface area contributed by atoms with Crippen molar-refractivity contribution in [1.29, 1.82) is 0 Å². The van der Waals surface area contributed by atoms with Crippen LogP contribution in [0.5, 0.6) is 0 Å². The Bertz CT molecular complexity index is 5300. The van der Waals surface area contributed by atoms with Gasteiger partial charge in [-0.25, -0.2) is 59.2 Å². The Morgan fingerprint density at radius 1 is 0.463 bits per heavy atom. The molecule has 3 aromatic carbocycles. The first-order valence-electron chi connectivity index (χ1n) is 37.8. The third kappa shape index (κ3) is 22.4. The quantitative estimate of drug-likeness (QED) is 0.0263. The van der Waals surface area contributed by atoms with Crippen LogP contribution >= 0.6 is 22.8 Å². The number of hydrogen-bond donors (Lipinski definition) is 10. The molecule has 9 aromatic rings. The van der Waals surface area contributed by atoms with Crippen LogP contribution < -0.4 is 51.9 Å². The van der Waals surface area contributed by atoms with E-state index in [2.05, 4.69) is 82.1 Å². The van der Waals surface area contributed by atoms with Gasteiger partial charge in [-0.2, -0.15) is 0 Å². The van der Waals surface area contributed by atoms with Gasteiger partial charge in [-0.05, 0) is 38.0 Å². The van der Waals surface area contributed by atoms with E-state index < -0.39 is 209 Å². The molecular formula is C72H83N19O27P3-3. The smallest absolute Gasteiger partial charge is 0.320 e. The second kappa shape index (κ2) is 39.9. The number of urea groups is 3. The number of nitrogens with zero attached hydrogens (tertiary/aromatic N) is 12. The molecule has 0 spiro atoms. The second-order valence-electron chi connectivity index (χ2n) is 27.3. The molecule has 121 heavy (non-hydrogen) atoms. The van der Waals surface area contributed by atoms with Gasteiger partial charge in [0.05, 0.1) is 64.5 Å². The predicted molar refractivity (Wildman–Crippen MR) is 413 cm³/mol. The number of imidazole rings is 3. The molecule has 6 amide bonds. The number of aliphatic carboxylic acids is 3. The van der Waals surface area contributed by atoms with Gasteiger partial charge < -0.3 is 116 Å². The first-order chi connectivity index (χ1) is 58.2. The van der Waals surface area contributed by atoms with Gasteiger partial charge >= 0.3 is 36.0 Å². The van der Waals surface area contributed by atoms with E-state index in [0.29, 0.717) is 59.5 Å². The number of amides is 6. The summed E-state index contributed by atoms with van der Waals surface area (Å²) >= 11 is 0. The molecule has 6 aliphatic heterocycles. The summed E-state index contributed by atoms with van der Waals surface area (Å²) in [5.74, 6) is -3.13. The molecule has 6 aromatic heterocycles. The van der Waals surface area contributed by atoms with E-state index in [4.69, 9.17) is 71.5 Å². The fourth-order valence-electron chi connectivity index (χ4n) is 13.5. The first-order valence-corrected chi connectivity index (χ1v) is 43.0. The minimum atomic E-state index is -4.46. The summed E-state index contributed by atoms with van der Waals surface area (Å²) in [6, 6.07) is 27.0. The summed E-state index contributed by atoms with van der Waals surface area (Å²) in [7, 11) is -13.3. The summed E-state index contributed by atoms with van der Waals surface area (Å²) in [6.07, 6.45) is -2.53. The molecular weight excluding hydrogens is 1660 g/mol. The molecule has 6 aliphatic rings. The average molecular weight is 1740 g/mol. The lowest BCUT2D eigenvalue weighted by Gasteiger charge is -2.26. The van der Waals surface area contributed by atoms with Crippen LogP contribution in [0.3, 0.4) is 0 Å². The van der Waals surface area contributed by atoms with Crippen molar-refractivity contribution in [3.05, 3.63) is 152 Å². The average Bonchev–Trinajstić information content (AvgIpc) is 1.61. The number of carboxylic acids is 3. The van der Waals surface area contributed by atoms with Crippen LogP contribution in [0.1, 0.15) is 75.3 Å². The molecule has 15 rings (SSSR count). The van der Waals surface area contributed by atoms with Crippen LogP contribution in [0.15, 0.2) is 135 Å². The lowest BCUT2D eigenvalue weighted by atomic mass is 10.1. The highest BCUT2D eigenvalue weighted by Gasteiger charge is 2.57. The van der Waals surface area contributed by atoms with Crippen LogP contribution in [0, 0.1) is 0 Å². The van der Waals surface area contributed by atoms with E-state index in [0.717, 1.165) is 16.7 Å². The van der Waals surface area contributed by atoms with Crippen molar-refractivity contribution >= 4 is 116 Å². The van der Waals surface area contributed by atoms with E-state index in [-0.39, 0.29) is 17.5 Å². The number of rotatable bonds is 33. The number of ether oxygens (including phenoxy) is 9. The van der Waals surface area contributed by atoms with Crippen molar-refractivity contribution in [1.82, 2.24) is 79.8 Å². The number of fused-ring (bicyclic) bond motifs is 6. The maximum atomic E-state index is 12.4. The highest BCUT2D eigenvalue weighted by atomic mass is 31.2. The van der Waals surface area contributed by atoms with Crippen molar-refractivity contribution in [2.75, 3.05) is 80.6 Å². The number of aromatic nitrogens is 12. The maximum absolute atomic E-state index is 12.4. The summed E-state index contributed by atoms with van der Waals surface area (Å²) < 4.78 is 113. The molecule has 7 unspecified atom stereocenters. The molecule has 0 aliphatic carbocycles. The van der Waals surface area contributed by atoms with Gasteiger partial charge in [-0.3, -0.25) is 49.4 Å². The standard InChI is InChI=1S/C25H29N6O9P.C24H29N6O9P.C23H28N7O9P/c1-2-26-25(34)30-22-19-23(28-13-27-22)31(14-29-19)24-21-20(16(38-24)12-37-41(35,36)11-10-17(32)33)39-18(40-21)9-8-15-6-4-3-5-7-15;1-2-25-24(33)29-21-18-22(27-12-26-21)30(13-28-18)23-20-19(38-17(39-20)10-14-6-4-3-5-7-14)15(37-23)11-36-40(34,35)9-8-16(31)32;1-2-25-23(33)29-19-16-20(27-10-26-19)30(11-28-16)21-18-17(38-22(39-18)13-6-4-3-5-7-13)14(37-21)9-36-40(34,35)12-24-8-15(31)32/h3-9,13-14,16,18,20-21,24H,2,10-12H2,1H3,(H,32,33)(H,35,36)(H2,26,27,28,30,34);3-7,12-13,15,17,19-20,23H,2,8-11H2,1H3,(H,31,32)(H,34,35)(H2,25,26,27,29,33);3-7,10-11,14,17-18,21-22,24H,2,8-9,12H2,1H3,(H,31,32)(H,34,35)(H2,25,26,27,29,33)/p-3/b9-8+;;/t16-,18+,20?,21+,24-;15-,17?,19?,20+,23-;14-,17?,18+,21-,22-/m111/s1. The van der Waals surface area contributed by atoms with E-state index in [9.17, 15) is 57.1 Å². The van der Waals surface area contributed by atoms with E-state index in [1.54, 1.807) is 40.5 Å². The fourth-order valence-corrected chi connectivity index (χ4v) is 16.3. The van der Waals surface area contributed by atoms with Gasteiger partial charge in [0, 0.05) is 43.9 Å². The Morgan fingerprint density at radius 2 is 0.843 bits per heavy atom. The van der Waals surface area contributed by atoms with Crippen molar-refractivity contribution < 1.29 is 129 Å². The zero-order valence-corrected chi connectivity index (χ0v) is 67.2. The Morgan fingerprint density at radius 3 is 1.28 bits per heavy atom. The number of carboxylic acid groups (broad SMARTS) is 3. The van der Waals surface area contributed by atoms with Gasteiger partial charge in [-0.15, -0.1) is 0 Å². The van der Waals surface area contributed by atoms with Gasteiger partial charge in [0.2, 0.25) is 0 Å².